The highest BCUT2D eigenvalue weighted by Gasteiger charge is 2.09. The number of unbranched alkanes of at least 4 members (excludes halogenated alkanes) is 14. The maximum absolute atomic E-state index is 12.1. The molecular weight excluding hydrogens is 318 g/mol. The van der Waals surface area contributed by atoms with Crippen molar-refractivity contribution in [3.8, 4) is 0 Å². The Kier molecular flexibility index (Phi) is 19.4. The molecule has 0 aliphatic carbocycles. The van der Waals surface area contributed by atoms with Crippen LogP contribution in [0.25, 0.3) is 0 Å². The Bertz CT molecular complexity index is 327. The second-order valence-corrected chi connectivity index (χ2v) is 7.58. The van der Waals surface area contributed by atoms with Gasteiger partial charge in [0.2, 0.25) is 5.91 Å². The molecule has 26 heavy (non-hydrogen) atoms. The third-order valence-corrected chi connectivity index (χ3v) is 5.05. The fourth-order valence-corrected chi connectivity index (χ4v) is 3.40. The van der Waals surface area contributed by atoms with Gasteiger partial charge in [-0.05, 0) is 6.42 Å². The topological polar surface area (TPSA) is 20.3 Å². The van der Waals surface area contributed by atoms with Gasteiger partial charge in [0.05, 0.1) is 0 Å². The molecule has 1 amide bonds. The molecule has 0 aromatic heterocycles. The summed E-state index contributed by atoms with van der Waals surface area (Å²) in [5.41, 5.74) is 0. The SMILES string of the molecule is C=CCN(CC=C)C(=O)CCCCCCCCCCCCCCCCC. The number of hydrogen-bond acceptors (Lipinski definition) is 1. The lowest BCUT2D eigenvalue weighted by molar-refractivity contribution is -0.130. The highest BCUT2D eigenvalue weighted by atomic mass is 16.2. The fraction of sp³-hybridized carbons (Fsp3) is 0.792. The first kappa shape index (κ1) is 24.9. The maximum atomic E-state index is 12.1. The zero-order valence-electron chi connectivity index (χ0n) is 17.7. The van der Waals surface area contributed by atoms with Crippen molar-refractivity contribution in [1.82, 2.24) is 4.90 Å². The van der Waals surface area contributed by atoms with Crippen LogP contribution in [0.4, 0.5) is 0 Å². The van der Waals surface area contributed by atoms with E-state index in [0.717, 1.165) is 6.42 Å². The van der Waals surface area contributed by atoms with Gasteiger partial charge in [0.15, 0.2) is 0 Å². The Labute approximate surface area is 164 Å². The van der Waals surface area contributed by atoms with Crippen molar-refractivity contribution in [3.63, 3.8) is 0 Å². The predicted octanol–water partition coefficient (Wildman–Crippen LogP) is 7.45. The van der Waals surface area contributed by atoms with Crippen molar-refractivity contribution in [2.24, 2.45) is 0 Å². The van der Waals surface area contributed by atoms with Crippen LogP contribution in [-0.2, 0) is 4.79 Å². The highest BCUT2D eigenvalue weighted by Crippen LogP contribution is 2.14. The molecule has 152 valence electrons. The van der Waals surface area contributed by atoms with E-state index >= 15 is 0 Å². The normalized spacial score (nSPS) is 10.7. The number of hydrogen-bond donors (Lipinski definition) is 0. The molecule has 0 N–H and O–H groups in total. The maximum Gasteiger partial charge on any atom is 0.223 e. The molecule has 0 aliphatic rings. The van der Waals surface area contributed by atoms with Crippen LogP contribution in [0.15, 0.2) is 25.3 Å². The first-order valence-electron chi connectivity index (χ1n) is 11.3. The number of nitrogens with zero attached hydrogens (tertiary/aromatic N) is 1. The predicted molar refractivity (Wildman–Crippen MR) is 117 cm³/mol. The molecule has 2 nitrogen and oxygen atoms in total. The van der Waals surface area contributed by atoms with Gasteiger partial charge in [0.25, 0.3) is 0 Å². The van der Waals surface area contributed by atoms with E-state index in [2.05, 4.69) is 20.1 Å². The quantitative estimate of drug-likeness (QED) is 0.162. The molecule has 0 radical (unpaired) electrons. The Hall–Kier alpha value is -1.05. The van der Waals surface area contributed by atoms with Gasteiger partial charge in [0.1, 0.15) is 0 Å². The molecule has 0 unspecified atom stereocenters. The molecule has 0 saturated carbocycles. The Morgan fingerprint density at radius 2 is 1.00 bits per heavy atom. The van der Waals surface area contributed by atoms with Crippen LogP contribution < -0.4 is 0 Å². The summed E-state index contributed by atoms with van der Waals surface area (Å²) in [7, 11) is 0. The summed E-state index contributed by atoms with van der Waals surface area (Å²) in [6.45, 7) is 11.0. The molecule has 0 aromatic rings. The van der Waals surface area contributed by atoms with Crippen molar-refractivity contribution in [3.05, 3.63) is 25.3 Å². The summed E-state index contributed by atoms with van der Waals surface area (Å²) in [6, 6.07) is 0. The summed E-state index contributed by atoms with van der Waals surface area (Å²) >= 11 is 0. The third-order valence-electron chi connectivity index (χ3n) is 5.05. The highest BCUT2D eigenvalue weighted by molar-refractivity contribution is 5.76. The van der Waals surface area contributed by atoms with Crippen LogP contribution in [-0.4, -0.2) is 23.9 Å². The van der Waals surface area contributed by atoms with Crippen LogP contribution in [0.3, 0.4) is 0 Å². The number of rotatable bonds is 20. The average molecular weight is 364 g/mol. The zero-order valence-corrected chi connectivity index (χ0v) is 17.7. The second kappa shape index (κ2) is 20.3. The molecule has 0 saturated heterocycles. The van der Waals surface area contributed by atoms with Gasteiger partial charge < -0.3 is 4.90 Å². The van der Waals surface area contributed by atoms with Crippen molar-refractivity contribution in [1.29, 1.82) is 0 Å². The van der Waals surface area contributed by atoms with E-state index in [9.17, 15) is 4.79 Å². The molecule has 0 fully saturated rings. The van der Waals surface area contributed by atoms with Crippen LogP contribution in [0.5, 0.6) is 0 Å². The standard InChI is InChI=1S/C24H45NO/c1-4-7-8-9-10-11-12-13-14-15-16-17-18-19-20-21-24(26)25(22-5-2)23-6-3/h5-6H,2-4,7-23H2,1H3. The van der Waals surface area contributed by atoms with E-state index in [1.54, 1.807) is 12.2 Å². The van der Waals surface area contributed by atoms with Crippen LogP contribution in [0.2, 0.25) is 0 Å². The summed E-state index contributed by atoms with van der Waals surface area (Å²) < 4.78 is 0. The van der Waals surface area contributed by atoms with Gasteiger partial charge in [-0.25, -0.2) is 0 Å². The minimum Gasteiger partial charge on any atom is -0.335 e. The zero-order chi connectivity index (χ0) is 19.3. The van der Waals surface area contributed by atoms with Gasteiger partial charge in [-0.2, -0.15) is 0 Å². The molecule has 0 bridgehead atoms. The van der Waals surface area contributed by atoms with Crippen LogP contribution in [0.1, 0.15) is 110 Å². The van der Waals surface area contributed by atoms with Gasteiger partial charge in [-0.15, -0.1) is 13.2 Å². The van der Waals surface area contributed by atoms with E-state index in [1.165, 1.54) is 89.9 Å². The van der Waals surface area contributed by atoms with E-state index in [0.29, 0.717) is 19.5 Å². The summed E-state index contributed by atoms with van der Waals surface area (Å²) in [5, 5.41) is 0. The molecular formula is C24H45NO. The lowest BCUT2D eigenvalue weighted by Crippen LogP contribution is -2.30. The Morgan fingerprint density at radius 1 is 0.654 bits per heavy atom. The molecule has 0 aromatic carbocycles. The minimum atomic E-state index is 0.236. The second-order valence-electron chi connectivity index (χ2n) is 7.58. The first-order chi connectivity index (χ1) is 12.8. The van der Waals surface area contributed by atoms with Crippen molar-refractivity contribution in [2.45, 2.75) is 110 Å². The fourth-order valence-electron chi connectivity index (χ4n) is 3.40. The monoisotopic (exact) mass is 363 g/mol. The van der Waals surface area contributed by atoms with Crippen LogP contribution >= 0.6 is 0 Å². The summed E-state index contributed by atoms with van der Waals surface area (Å²) in [4.78, 5) is 13.9. The first-order valence-corrected chi connectivity index (χ1v) is 11.3. The number of carbonyl (C=O) groups is 1. The third kappa shape index (κ3) is 16.4. The molecule has 0 atom stereocenters. The van der Waals surface area contributed by atoms with Gasteiger partial charge in [0, 0.05) is 19.5 Å². The lowest BCUT2D eigenvalue weighted by Gasteiger charge is -2.19. The number of carbonyl (C=O) groups excluding carboxylic acids is 1. The van der Waals surface area contributed by atoms with Gasteiger partial charge >= 0.3 is 0 Å². The number of amides is 1. The molecule has 0 heterocycles. The van der Waals surface area contributed by atoms with Crippen molar-refractivity contribution >= 4 is 5.91 Å². The summed E-state index contributed by atoms with van der Waals surface area (Å²) in [5.74, 6) is 0.236. The van der Waals surface area contributed by atoms with E-state index < -0.39 is 0 Å². The van der Waals surface area contributed by atoms with Gasteiger partial charge in [-0.3, -0.25) is 4.79 Å². The smallest absolute Gasteiger partial charge is 0.223 e. The molecule has 0 rings (SSSR count). The average Bonchev–Trinajstić information content (AvgIpc) is 2.64. The van der Waals surface area contributed by atoms with Crippen molar-refractivity contribution in [2.75, 3.05) is 13.1 Å². The minimum absolute atomic E-state index is 0.236. The Balaban J connectivity index is 3.31. The largest absolute Gasteiger partial charge is 0.335 e. The molecule has 0 aliphatic heterocycles. The summed E-state index contributed by atoms with van der Waals surface area (Å²) in [6.07, 6.45) is 24.6. The van der Waals surface area contributed by atoms with E-state index in [1.807, 2.05) is 4.90 Å². The molecule has 2 heteroatoms. The molecule has 0 spiro atoms. The van der Waals surface area contributed by atoms with Crippen molar-refractivity contribution < 1.29 is 4.79 Å². The van der Waals surface area contributed by atoms with Crippen LogP contribution in [0, 0.1) is 0 Å². The van der Waals surface area contributed by atoms with E-state index in [4.69, 9.17) is 0 Å². The van der Waals surface area contributed by atoms with E-state index in [-0.39, 0.29) is 5.91 Å². The van der Waals surface area contributed by atoms with Gasteiger partial charge in [-0.1, -0.05) is 109 Å². The lowest BCUT2D eigenvalue weighted by atomic mass is 10.0. The Morgan fingerprint density at radius 3 is 1.35 bits per heavy atom.